The number of hydrogen-bond acceptors (Lipinski definition) is 2. The fourth-order valence-corrected chi connectivity index (χ4v) is 2.75. The third kappa shape index (κ3) is 5.67. The number of aliphatic imine (C=N–C) groups is 1. The molecule has 1 aromatic heterocycles. The molecule has 0 aliphatic rings. The van der Waals surface area contributed by atoms with Crippen LogP contribution in [0.15, 0.2) is 72.2 Å². The Labute approximate surface area is 159 Å². The van der Waals surface area contributed by atoms with E-state index in [4.69, 9.17) is 0 Å². The van der Waals surface area contributed by atoms with Gasteiger partial charge in [-0.2, -0.15) is 0 Å². The molecule has 0 spiro atoms. The molecular formula is C21H24FN5. The second-order valence-electron chi connectivity index (χ2n) is 6.20. The number of guanidine groups is 1. The summed E-state index contributed by atoms with van der Waals surface area (Å²) in [4.78, 5) is 8.69. The number of aromatic nitrogens is 2. The van der Waals surface area contributed by atoms with Crippen molar-refractivity contribution in [3.8, 4) is 0 Å². The van der Waals surface area contributed by atoms with Gasteiger partial charge in [0, 0.05) is 37.6 Å². The molecule has 0 fully saturated rings. The van der Waals surface area contributed by atoms with E-state index in [1.54, 1.807) is 24.7 Å². The van der Waals surface area contributed by atoms with Crippen LogP contribution in [0.2, 0.25) is 0 Å². The Bertz CT molecular complexity index is 874. The van der Waals surface area contributed by atoms with Crippen LogP contribution in [0.4, 0.5) is 4.39 Å². The molecule has 0 atom stereocenters. The Morgan fingerprint density at radius 1 is 1.11 bits per heavy atom. The second kappa shape index (κ2) is 9.52. The normalized spacial score (nSPS) is 11.4. The van der Waals surface area contributed by atoms with Crippen LogP contribution in [0.5, 0.6) is 0 Å². The van der Waals surface area contributed by atoms with Gasteiger partial charge in [-0.25, -0.2) is 14.4 Å². The van der Waals surface area contributed by atoms with Crippen molar-refractivity contribution in [2.24, 2.45) is 4.99 Å². The Morgan fingerprint density at radius 2 is 1.96 bits per heavy atom. The minimum Gasteiger partial charge on any atom is -0.357 e. The molecular weight excluding hydrogens is 341 g/mol. The van der Waals surface area contributed by atoms with Gasteiger partial charge in [0.1, 0.15) is 5.82 Å². The van der Waals surface area contributed by atoms with Crippen molar-refractivity contribution in [1.29, 1.82) is 0 Å². The van der Waals surface area contributed by atoms with Crippen LogP contribution in [0.25, 0.3) is 0 Å². The van der Waals surface area contributed by atoms with E-state index in [1.165, 1.54) is 11.6 Å². The lowest BCUT2D eigenvalue weighted by Gasteiger charge is -2.12. The van der Waals surface area contributed by atoms with E-state index < -0.39 is 0 Å². The first kappa shape index (κ1) is 18.6. The van der Waals surface area contributed by atoms with E-state index in [9.17, 15) is 4.39 Å². The first-order valence-electron chi connectivity index (χ1n) is 9.03. The average Bonchev–Trinajstić information content (AvgIpc) is 3.18. The molecule has 1 heterocycles. The van der Waals surface area contributed by atoms with Crippen LogP contribution in [0.1, 0.15) is 23.6 Å². The SMILES string of the molecule is CCNC(=NCc1cccc(Cn2ccnc2)c1)NCc1ccccc1F. The number of nitrogens with zero attached hydrogens (tertiary/aromatic N) is 3. The van der Waals surface area contributed by atoms with Crippen LogP contribution in [-0.4, -0.2) is 22.1 Å². The summed E-state index contributed by atoms with van der Waals surface area (Å²) in [7, 11) is 0. The standard InChI is InChI=1S/C21H24FN5/c1-2-24-21(26-14-19-8-3-4-9-20(19)22)25-13-17-6-5-7-18(12-17)15-27-11-10-23-16-27/h3-12,16H,2,13-15H2,1H3,(H2,24,25,26). The number of rotatable bonds is 7. The van der Waals surface area contributed by atoms with Gasteiger partial charge >= 0.3 is 0 Å². The molecule has 0 unspecified atom stereocenters. The van der Waals surface area contributed by atoms with E-state index in [0.29, 0.717) is 24.6 Å². The predicted molar refractivity (Wildman–Crippen MR) is 106 cm³/mol. The zero-order valence-corrected chi connectivity index (χ0v) is 15.4. The highest BCUT2D eigenvalue weighted by Crippen LogP contribution is 2.09. The number of imidazole rings is 1. The molecule has 0 saturated carbocycles. The topological polar surface area (TPSA) is 54.2 Å². The molecule has 0 amide bonds. The van der Waals surface area contributed by atoms with Crippen molar-refractivity contribution in [2.45, 2.75) is 26.6 Å². The van der Waals surface area contributed by atoms with Gasteiger partial charge in [-0.1, -0.05) is 42.5 Å². The maximum Gasteiger partial charge on any atom is 0.191 e. The molecule has 2 N–H and O–H groups in total. The molecule has 140 valence electrons. The number of hydrogen-bond donors (Lipinski definition) is 2. The van der Waals surface area contributed by atoms with Crippen molar-refractivity contribution in [3.63, 3.8) is 0 Å². The van der Waals surface area contributed by atoms with Crippen molar-refractivity contribution < 1.29 is 4.39 Å². The van der Waals surface area contributed by atoms with Gasteiger partial charge in [0.15, 0.2) is 5.96 Å². The van der Waals surface area contributed by atoms with Gasteiger partial charge in [-0.05, 0) is 24.1 Å². The first-order valence-corrected chi connectivity index (χ1v) is 9.03. The summed E-state index contributed by atoms with van der Waals surface area (Å²) in [6, 6.07) is 15.1. The van der Waals surface area contributed by atoms with E-state index in [1.807, 2.05) is 29.8 Å². The van der Waals surface area contributed by atoms with Crippen molar-refractivity contribution >= 4 is 5.96 Å². The van der Waals surface area contributed by atoms with E-state index in [2.05, 4.69) is 38.8 Å². The van der Waals surface area contributed by atoms with E-state index >= 15 is 0 Å². The van der Waals surface area contributed by atoms with Crippen LogP contribution in [-0.2, 0) is 19.6 Å². The van der Waals surface area contributed by atoms with E-state index in [0.717, 1.165) is 18.7 Å². The minimum atomic E-state index is -0.215. The smallest absolute Gasteiger partial charge is 0.191 e. The molecule has 2 aromatic carbocycles. The molecule has 3 aromatic rings. The average molecular weight is 365 g/mol. The summed E-state index contributed by atoms with van der Waals surface area (Å²) in [6.45, 7) is 4.46. The molecule has 0 aliphatic heterocycles. The van der Waals surface area contributed by atoms with E-state index in [-0.39, 0.29) is 5.82 Å². The van der Waals surface area contributed by atoms with Crippen molar-refractivity contribution in [3.05, 3.63) is 89.8 Å². The zero-order valence-electron chi connectivity index (χ0n) is 15.4. The van der Waals surface area contributed by atoms with Crippen LogP contribution >= 0.6 is 0 Å². The van der Waals surface area contributed by atoms with Crippen LogP contribution < -0.4 is 10.6 Å². The maximum atomic E-state index is 13.8. The van der Waals surface area contributed by atoms with Crippen molar-refractivity contribution in [1.82, 2.24) is 20.2 Å². The minimum absolute atomic E-state index is 0.215. The summed E-state index contributed by atoms with van der Waals surface area (Å²) >= 11 is 0. The zero-order chi connectivity index (χ0) is 18.9. The molecule has 0 saturated heterocycles. The van der Waals surface area contributed by atoms with Gasteiger partial charge < -0.3 is 15.2 Å². The highest BCUT2D eigenvalue weighted by Gasteiger charge is 2.03. The lowest BCUT2D eigenvalue weighted by atomic mass is 10.1. The van der Waals surface area contributed by atoms with Crippen molar-refractivity contribution in [2.75, 3.05) is 6.54 Å². The van der Waals surface area contributed by atoms with Crippen LogP contribution in [0.3, 0.4) is 0 Å². The quantitative estimate of drug-likeness (QED) is 0.499. The third-order valence-corrected chi connectivity index (χ3v) is 4.08. The van der Waals surface area contributed by atoms with Crippen LogP contribution in [0, 0.1) is 5.82 Å². The molecule has 0 radical (unpaired) electrons. The Kier molecular flexibility index (Phi) is 6.57. The predicted octanol–water partition coefficient (Wildman–Crippen LogP) is 3.33. The highest BCUT2D eigenvalue weighted by molar-refractivity contribution is 5.79. The molecule has 0 bridgehead atoms. The maximum absolute atomic E-state index is 13.8. The summed E-state index contributed by atoms with van der Waals surface area (Å²) in [5.41, 5.74) is 2.94. The van der Waals surface area contributed by atoms with Gasteiger partial charge in [-0.15, -0.1) is 0 Å². The third-order valence-electron chi connectivity index (χ3n) is 4.08. The summed E-state index contributed by atoms with van der Waals surface area (Å²) in [6.07, 6.45) is 5.53. The fourth-order valence-electron chi connectivity index (χ4n) is 2.75. The lowest BCUT2D eigenvalue weighted by Crippen LogP contribution is -2.37. The molecule has 5 nitrogen and oxygen atoms in total. The monoisotopic (exact) mass is 365 g/mol. The summed E-state index contributed by atoms with van der Waals surface area (Å²) in [5, 5.41) is 6.38. The van der Waals surface area contributed by atoms with Gasteiger partial charge in [0.2, 0.25) is 0 Å². The largest absolute Gasteiger partial charge is 0.357 e. The fraction of sp³-hybridized carbons (Fsp3) is 0.238. The molecule has 27 heavy (non-hydrogen) atoms. The number of nitrogens with one attached hydrogen (secondary N) is 2. The first-order chi connectivity index (χ1) is 13.2. The lowest BCUT2D eigenvalue weighted by molar-refractivity contribution is 0.604. The summed E-state index contributed by atoms with van der Waals surface area (Å²) < 4.78 is 15.8. The Morgan fingerprint density at radius 3 is 2.74 bits per heavy atom. The second-order valence-corrected chi connectivity index (χ2v) is 6.20. The molecule has 3 rings (SSSR count). The number of halogens is 1. The summed E-state index contributed by atoms with van der Waals surface area (Å²) in [5.74, 6) is 0.453. The molecule has 6 heteroatoms. The number of benzene rings is 2. The van der Waals surface area contributed by atoms with Gasteiger partial charge in [-0.3, -0.25) is 0 Å². The van der Waals surface area contributed by atoms with Gasteiger partial charge in [0.25, 0.3) is 0 Å². The highest BCUT2D eigenvalue weighted by atomic mass is 19.1. The Balaban J connectivity index is 1.63. The van der Waals surface area contributed by atoms with Gasteiger partial charge in [0.05, 0.1) is 12.9 Å². The molecule has 0 aliphatic carbocycles. The Hall–Kier alpha value is -3.15.